The molecular formula is C28H33ClF3N3O5. The Hall–Kier alpha value is -3.05. The van der Waals surface area contributed by atoms with Gasteiger partial charge in [-0.25, -0.2) is 4.98 Å². The van der Waals surface area contributed by atoms with Gasteiger partial charge in [0.05, 0.1) is 12.7 Å². The molecule has 2 heterocycles. The number of pyridine rings is 1. The molecule has 2 aromatic rings. The van der Waals surface area contributed by atoms with Crippen LogP contribution in [0.3, 0.4) is 0 Å². The van der Waals surface area contributed by atoms with Crippen LogP contribution in [0.4, 0.5) is 13.2 Å². The fourth-order valence-corrected chi connectivity index (χ4v) is 5.77. The summed E-state index contributed by atoms with van der Waals surface area (Å²) in [5.74, 6) is -1.20. The van der Waals surface area contributed by atoms with E-state index in [2.05, 4.69) is 4.98 Å². The molecule has 218 valence electrons. The molecule has 40 heavy (non-hydrogen) atoms. The first kappa shape index (κ1) is 29.9. The lowest BCUT2D eigenvalue weighted by Crippen LogP contribution is -2.58. The van der Waals surface area contributed by atoms with Gasteiger partial charge in [0.1, 0.15) is 17.0 Å². The third kappa shape index (κ3) is 5.85. The number of hydrogen-bond donors (Lipinski definition) is 1. The molecule has 1 aliphatic carbocycles. The number of rotatable bonds is 6. The van der Waals surface area contributed by atoms with Gasteiger partial charge in [0.25, 0.3) is 17.4 Å². The number of alkyl halides is 3. The highest BCUT2D eigenvalue weighted by atomic mass is 35.5. The van der Waals surface area contributed by atoms with Gasteiger partial charge in [0.15, 0.2) is 0 Å². The molecule has 12 heteroatoms. The van der Waals surface area contributed by atoms with Crippen molar-refractivity contribution in [2.24, 2.45) is 5.41 Å². The van der Waals surface area contributed by atoms with Crippen molar-refractivity contribution in [3.8, 4) is 11.6 Å². The summed E-state index contributed by atoms with van der Waals surface area (Å²) in [6.07, 6.45) is -1.28. The van der Waals surface area contributed by atoms with Crippen LogP contribution in [-0.2, 0) is 10.4 Å². The van der Waals surface area contributed by atoms with Crippen molar-refractivity contribution in [3.63, 3.8) is 0 Å². The molecule has 1 N–H and O–H groups in total. The highest BCUT2D eigenvalue weighted by Crippen LogP contribution is 2.47. The second kappa shape index (κ2) is 11.4. The molecule has 1 aromatic heterocycles. The molecule has 1 spiro atoms. The molecule has 1 atom stereocenters. The van der Waals surface area contributed by atoms with Crippen molar-refractivity contribution in [1.82, 2.24) is 14.8 Å². The predicted octanol–water partition coefficient (Wildman–Crippen LogP) is 4.83. The highest BCUT2D eigenvalue weighted by Gasteiger charge is 2.62. The number of nitrogens with zero attached hydrogens (tertiary/aromatic N) is 3. The predicted molar refractivity (Wildman–Crippen MR) is 141 cm³/mol. The molecule has 2 aliphatic rings. The van der Waals surface area contributed by atoms with Crippen molar-refractivity contribution in [1.29, 1.82) is 0 Å². The van der Waals surface area contributed by atoms with E-state index in [1.807, 2.05) is 0 Å². The number of methoxy groups -OCH3 is 1. The maximum absolute atomic E-state index is 14.1. The van der Waals surface area contributed by atoms with E-state index in [9.17, 15) is 27.9 Å². The average Bonchev–Trinajstić information content (AvgIpc) is 2.93. The topological polar surface area (TPSA) is 92.2 Å². The van der Waals surface area contributed by atoms with Crippen molar-refractivity contribution in [2.45, 2.75) is 56.4 Å². The number of aromatic nitrogens is 1. The van der Waals surface area contributed by atoms with Crippen molar-refractivity contribution >= 4 is 23.4 Å². The third-order valence-corrected chi connectivity index (χ3v) is 8.35. The van der Waals surface area contributed by atoms with Crippen LogP contribution >= 0.6 is 11.6 Å². The number of amides is 2. The number of benzene rings is 1. The zero-order valence-corrected chi connectivity index (χ0v) is 23.4. The smallest absolute Gasteiger partial charge is 0.430 e. The normalized spacial score (nSPS) is 19.1. The van der Waals surface area contributed by atoms with Gasteiger partial charge >= 0.3 is 6.18 Å². The Bertz CT molecular complexity index is 1240. The standard InChI is InChI=1S/C28H33ClF3N3O5/c1-34(2)24(36)21-7-8-22(33-23(21)29)40-19-9-11-26(12-10-19)13-15-35(16-14-26)25(37)27(38,28(30,31)32)18-5-4-6-20(17-18)39-3/h4-8,17,19,38H,9-16H2,1-3H3/t27-/m1/s1. The van der Waals surface area contributed by atoms with E-state index in [0.29, 0.717) is 31.6 Å². The minimum atomic E-state index is -5.21. The first-order valence-electron chi connectivity index (χ1n) is 13.1. The summed E-state index contributed by atoms with van der Waals surface area (Å²) < 4.78 is 53.4. The van der Waals surface area contributed by atoms with Crippen LogP contribution in [0.25, 0.3) is 0 Å². The minimum absolute atomic E-state index is 0.0632. The number of hydrogen-bond acceptors (Lipinski definition) is 6. The highest BCUT2D eigenvalue weighted by molar-refractivity contribution is 6.32. The summed E-state index contributed by atoms with van der Waals surface area (Å²) in [5.41, 5.74) is -4.07. The lowest BCUT2D eigenvalue weighted by molar-refractivity contribution is -0.262. The number of aliphatic hydroxyl groups is 1. The number of piperidine rings is 1. The summed E-state index contributed by atoms with van der Waals surface area (Å²) >= 11 is 6.19. The van der Waals surface area contributed by atoms with Gasteiger partial charge in [-0.1, -0.05) is 23.7 Å². The second-order valence-corrected chi connectivity index (χ2v) is 11.1. The molecule has 0 bridgehead atoms. The molecule has 8 nitrogen and oxygen atoms in total. The van der Waals surface area contributed by atoms with Crippen LogP contribution in [0.2, 0.25) is 5.15 Å². The van der Waals surface area contributed by atoms with E-state index < -0.39 is 23.2 Å². The van der Waals surface area contributed by atoms with E-state index in [1.165, 1.54) is 24.1 Å². The van der Waals surface area contributed by atoms with Gasteiger partial charge in [-0.05, 0) is 62.1 Å². The Kier molecular flexibility index (Phi) is 8.56. The summed E-state index contributed by atoms with van der Waals surface area (Å²) in [6, 6.07) is 8.06. The first-order valence-corrected chi connectivity index (χ1v) is 13.5. The Balaban J connectivity index is 1.37. The fourth-order valence-electron chi connectivity index (χ4n) is 5.55. The maximum atomic E-state index is 14.1. The van der Waals surface area contributed by atoms with E-state index in [0.717, 1.165) is 29.9 Å². The average molecular weight is 584 g/mol. The van der Waals surface area contributed by atoms with E-state index in [-0.39, 0.29) is 47.0 Å². The molecule has 1 aromatic carbocycles. The van der Waals surface area contributed by atoms with Crippen LogP contribution in [0.5, 0.6) is 11.6 Å². The van der Waals surface area contributed by atoms with Crippen molar-refractivity contribution in [2.75, 3.05) is 34.3 Å². The third-order valence-electron chi connectivity index (χ3n) is 8.06. The molecule has 0 radical (unpaired) electrons. The second-order valence-electron chi connectivity index (χ2n) is 10.7. The fraction of sp³-hybridized carbons (Fsp3) is 0.536. The monoisotopic (exact) mass is 583 g/mol. The zero-order chi connectivity index (χ0) is 29.3. The number of halogens is 4. The van der Waals surface area contributed by atoms with Crippen LogP contribution in [-0.4, -0.2) is 78.3 Å². The maximum Gasteiger partial charge on any atom is 0.430 e. The van der Waals surface area contributed by atoms with Crippen molar-refractivity contribution in [3.05, 3.63) is 52.7 Å². The Labute approximate surface area is 236 Å². The van der Waals surface area contributed by atoms with Crippen LogP contribution in [0.1, 0.15) is 54.4 Å². The number of carbonyl (C=O) groups excluding carboxylic acids is 2. The summed E-state index contributed by atoms with van der Waals surface area (Å²) in [4.78, 5) is 32.1. The number of likely N-dealkylation sites (tertiary alicyclic amines) is 1. The first-order chi connectivity index (χ1) is 18.8. The van der Waals surface area contributed by atoms with Crippen molar-refractivity contribution < 1.29 is 37.3 Å². The molecule has 0 unspecified atom stereocenters. The minimum Gasteiger partial charge on any atom is -0.497 e. The molecule has 1 aliphatic heterocycles. The number of carbonyl (C=O) groups is 2. The number of ether oxygens (including phenoxy) is 2. The summed E-state index contributed by atoms with van der Waals surface area (Å²) in [5, 5.41) is 10.9. The molecule has 1 saturated carbocycles. The van der Waals surface area contributed by atoms with Gasteiger partial charge in [0, 0.05) is 38.8 Å². The summed E-state index contributed by atoms with van der Waals surface area (Å²) in [7, 11) is 4.55. The van der Waals surface area contributed by atoms with Gasteiger partial charge in [-0.15, -0.1) is 0 Å². The Morgan fingerprint density at radius 2 is 1.75 bits per heavy atom. The largest absolute Gasteiger partial charge is 0.497 e. The SMILES string of the molecule is COc1cccc([C@@](O)(C(=O)N2CCC3(CCC(Oc4ccc(C(=O)N(C)C)c(Cl)n4)CC3)CC2)C(F)(F)F)c1. The van der Waals surface area contributed by atoms with Crippen LogP contribution < -0.4 is 9.47 Å². The van der Waals surface area contributed by atoms with E-state index >= 15 is 0 Å². The Morgan fingerprint density at radius 3 is 2.30 bits per heavy atom. The summed E-state index contributed by atoms with van der Waals surface area (Å²) in [6.45, 7) is 0.233. The van der Waals surface area contributed by atoms with Gasteiger partial charge in [-0.2, -0.15) is 13.2 Å². The molecular weight excluding hydrogens is 551 g/mol. The molecule has 4 rings (SSSR count). The lowest BCUT2D eigenvalue weighted by Gasteiger charge is -2.47. The Morgan fingerprint density at radius 1 is 1.10 bits per heavy atom. The van der Waals surface area contributed by atoms with Crippen LogP contribution in [0, 0.1) is 5.41 Å². The van der Waals surface area contributed by atoms with E-state index in [4.69, 9.17) is 21.1 Å². The molecule has 2 amide bonds. The quantitative estimate of drug-likeness (QED) is 0.490. The lowest BCUT2D eigenvalue weighted by atomic mass is 9.67. The van der Waals surface area contributed by atoms with Gasteiger partial charge < -0.3 is 24.4 Å². The van der Waals surface area contributed by atoms with Gasteiger partial charge in [-0.3, -0.25) is 9.59 Å². The van der Waals surface area contributed by atoms with E-state index in [1.54, 1.807) is 26.2 Å². The molecule has 2 fully saturated rings. The van der Waals surface area contributed by atoms with Crippen LogP contribution in [0.15, 0.2) is 36.4 Å². The van der Waals surface area contributed by atoms with Gasteiger partial charge in [0.2, 0.25) is 5.88 Å². The molecule has 1 saturated heterocycles. The zero-order valence-electron chi connectivity index (χ0n) is 22.6.